The molecule has 0 saturated heterocycles. The Hall–Kier alpha value is -0.610. The highest BCUT2D eigenvalue weighted by molar-refractivity contribution is 6.99. The van der Waals surface area contributed by atoms with Crippen molar-refractivity contribution in [2.45, 2.75) is 6.42 Å². The summed E-state index contributed by atoms with van der Waals surface area (Å²) in [5.41, 5.74) is 0. The van der Waals surface area contributed by atoms with Crippen LogP contribution >= 0.6 is 23.3 Å². The van der Waals surface area contributed by atoms with Crippen molar-refractivity contribution in [1.82, 2.24) is 8.75 Å². The summed E-state index contributed by atoms with van der Waals surface area (Å²) in [5.74, 6) is 0.825. The van der Waals surface area contributed by atoms with Gasteiger partial charge in [-0.1, -0.05) is 23.8 Å². The molecule has 3 nitrogen and oxygen atoms in total. The highest BCUT2D eigenvalue weighted by Crippen LogP contribution is 2.23. The van der Waals surface area contributed by atoms with Gasteiger partial charge in [0.15, 0.2) is 11.0 Å². The van der Waals surface area contributed by atoms with Crippen LogP contribution in [0, 0.1) is 0 Å². The summed E-state index contributed by atoms with van der Waals surface area (Å²) in [7, 11) is 0. The predicted molar refractivity (Wildman–Crippen MR) is 50.9 cm³/mol. The first-order valence-corrected chi connectivity index (χ1v) is 4.87. The Morgan fingerprint density at radius 3 is 2.92 bits per heavy atom. The minimum Gasteiger partial charge on any atom is -0.349 e. The molecule has 2 rings (SSSR count). The number of hydrogen-bond donors (Lipinski definition) is 0. The van der Waals surface area contributed by atoms with E-state index in [9.17, 15) is 0 Å². The van der Waals surface area contributed by atoms with Gasteiger partial charge in [0, 0.05) is 13.1 Å². The zero-order chi connectivity index (χ0) is 8.39. The molecule has 0 radical (unpaired) electrons. The van der Waals surface area contributed by atoms with Crippen molar-refractivity contribution < 1.29 is 0 Å². The Morgan fingerprint density at radius 1 is 1.42 bits per heavy atom. The SMILES string of the molecule is Clc1nsnc1N1CC=CCC1. The lowest BCUT2D eigenvalue weighted by Crippen LogP contribution is -2.27. The third kappa shape index (κ3) is 1.44. The van der Waals surface area contributed by atoms with E-state index in [1.807, 2.05) is 0 Å². The molecule has 1 aromatic rings. The van der Waals surface area contributed by atoms with E-state index in [1.165, 1.54) is 0 Å². The van der Waals surface area contributed by atoms with Crippen LogP contribution in [0.15, 0.2) is 12.2 Å². The number of halogens is 1. The minimum atomic E-state index is 0.523. The maximum Gasteiger partial charge on any atom is 0.187 e. The van der Waals surface area contributed by atoms with Crippen molar-refractivity contribution in [3.8, 4) is 0 Å². The third-order valence-corrected chi connectivity index (χ3v) is 2.66. The number of anilines is 1. The molecule has 2 heterocycles. The van der Waals surface area contributed by atoms with Gasteiger partial charge in [-0.05, 0) is 6.42 Å². The lowest BCUT2D eigenvalue weighted by molar-refractivity contribution is 0.811. The van der Waals surface area contributed by atoms with Crippen LogP contribution in [-0.2, 0) is 0 Å². The van der Waals surface area contributed by atoms with Crippen molar-refractivity contribution >= 4 is 29.1 Å². The quantitative estimate of drug-likeness (QED) is 0.651. The molecule has 64 valence electrons. The van der Waals surface area contributed by atoms with Crippen LogP contribution in [-0.4, -0.2) is 21.8 Å². The van der Waals surface area contributed by atoms with Gasteiger partial charge in [0.2, 0.25) is 0 Å². The number of hydrogen-bond acceptors (Lipinski definition) is 4. The Balaban J connectivity index is 2.19. The zero-order valence-electron chi connectivity index (χ0n) is 6.40. The lowest BCUT2D eigenvalue weighted by Gasteiger charge is -2.22. The van der Waals surface area contributed by atoms with Gasteiger partial charge in [-0.15, -0.1) is 0 Å². The van der Waals surface area contributed by atoms with E-state index in [2.05, 4.69) is 25.8 Å². The normalized spacial score (nSPS) is 16.9. The highest BCUT2D eigenvalue weighted by atomic mass is 35.5. The molecular weight excluding hydrogens is 194 g/mol. The summed E-state index contributed by atoms with van der Waals surface area (Å²) in [6, 6.07) is 0. The van der Waals surface area contributed by atoms with Gasteiger partial charge < -0.3 is 4.90 Å². The second-order valence-corrected chi connectivity index (χ2v) is 3.47. The maximum atomic E-state index is 5.84. The van der Waals surface area contributed by atoms with Crippen molar-refractivity contribution in [3.63, 3.8) is 0 Å². The van der Waals surface area contributed by atoms with Gasteiger partial charge >= 0.3 is 0 Å². The number of rotatable bonds is 1. The van der Waals surface area contributed by atoms with E-state index in [4.69, 9.17) is 11.6 Å². The van der Waals surface area contributed by atoms with Gasteiger partial charge in [-0.25, -0.2) is 0 Å². The van der Waals surface area contributed by atoms with E-state index < -0.39 is 0 Å². The van der Waals surface area contributed by atoms with Crippen LogP contribution < -0.4 is 4.90 Å². The van der Waals surface area contributed by atoms with E-state index in [0.717, 1.165) is 37.1 Å². The van der Waals surface area contributed by atoms with Gasteiger partial charge in [0.1, 0.15) is 0 Å². The molecule has 0 spiro atoms. The van der Waals surface area contributed by atoms with Gasteiger partial charge in [-0.3, -0.25) is 0 Å². The standard InChI is InChI=1S/C7H8ClN3S/c8-6-7(10-12-9-6)11-4-2-1-3-5-11/h1-2H,3-5H2. The minimum absolute atomic E-state index is 0.523. The average molecular weight is 202 g/mol. The summed E-state index contributed by atoms with van der Waals surface area (Å²) in [4.78, 5) is 2.13. The molecule has 0 unspecified atom stereocenters. The average Bonchev–Trinajstić information content (AvgIpc) is 2.53. The Morgan fingerprint density at radius 2 is 2.33 bits per heavy atom. The second-order valence-electron chi connectivity index (χ2n) is 2.58. The van der Waals surface area contributed by atoms with Crippen LogP contribution in [0.5, 0.6) is 0 Å². The molecular formula is C7H8ClN3S. The topological polar surface area (TPSA) is 29.0 Å². The number of nitrogens with zero attached hydrogens (tertiary/aromatic N) is 3. The van der Waals surface area contributed by atoms with Crippen LogP contribution in [0.1, 0.15) is 6.42 Å². The molecule has 1 aliphatic rings. The maximum absolute atomic E-state index is 5.84. The summed E-state index contributed by atoms with van der Waals surface area (Å²) >= 11 is 7.01. The lowest BCUT2D eigenvalue weighted by atomic mass is 10.2. The first-order valence-electron chi connectivity index (χ1n) is 3.76. The van der Waals surface area contributed by atoms with Crippen LogP contribution in [0.2, 0.25) is 5.15 Å². The van der Waals surface area contributed by atoms with Crippen LogP contribution in [0.25, 0.3) is 0 Å². The molecule has 0 saturated carbocycles. The predicted octanol–water partition coefficient (Wildman–Crippen LogP) is 1.96. The Kier molecular flexibility index (Phi) is 2.28. The van der Waals surface area contributed by atoms with E-state index >= 15 is 0 Å². The fraction of sp³-hybridized carbons (Fsp3) is 0.429. The molecule has 0 aromatic carbocycles. The molecule has 0 fully saturated rings. The third-order valence-electron chi connectivity index (χ3n) is 1.79. The van der Waals surface area contributed by atoms with Gasteiger partial charge in [-0.2, -0.15) is 8.75 Å². The van der Waals surface area contributed by atoms with Gasteiger partial charge in [0.05, 0.1) is 11.7 Å². The molecule has 0 bridgehead atoms. The summed E-state index contributed by atoms with van der Waals surface area (Å²) in [6.45, 7) is 1.88. The van der Waals surface area contributed by atoms with Gasteiger partial charge in [0.25, 0.3) is 0 Å². The molecule has 0 amide bonds. The van der Waals surface area contributed by atoms with E-state index in [1.54, 1.807) is 0 Å². The van der Waals surface area contributed by atoms with E-state index in [0.29, 0.717) is 5.15 Å². The molecule has 0 aliphatic carbocycles. The first-order chi connectivity index (χ1) is 5.88. The summed E-state index contributed by atoms with van der Waals surface area (Å²) in [5, 5.41) is 0.523. The fourth-order valence-electron chi connectivity index (χ4n) is 1.20. The summed E-state index contributed by atoms with van der Waals surface area (Å²) in [6.07, 6.45) is 5.36. The Labute approximate surface area is 80.0 Å². The first kappa shape index (κ1) is 8.01. The van der Waals surface area contributed by atoms with Crippen molar-refractivity contribution in [2.24, 2.45) is 0 Å². The van der Waals surface area contributed by atoms with Crippen LogP contribution in [0.3, 0.4) is 0 Å². The smallest absolute Gasteiger partial charge is 0.187 e. The molecule has 1 aromatic heterocycles. The molecule has 12 heavy (non-hydrogen) atoms. The fourth-order valence-corrected chi connectivity index (χ4v) is 1.97. The molecule has 1 aliphatic heterocycles. The van der Waals surface area contributed by atoms with Crippen molar-refractivity contribution in [3.05, 3.63) is 17.3 Å². The monoisotopic (exact) mass is 201 g/mol. The Bertz CT molecular complexity index is 297. The van der Waals surface area contributed by atoms with Crippen molar-refractivity contribution in [1.29, 1.82) is 0 Å². The largest absolute Gasteiger partial charge is 0.349 e. The molecule has 0 N–H and O–H groups in total. The molecule has 5 heteroatoms. The van der Waals surface area contributed by atoms with Crippen molar-refractivity contribution in [2.75, 3.05) is 18.0 Å². The second kappa shape index (κ2) is 3.41. The van der Waals surface area contributed by atoms with E-state index in [-0.39, 0.29) is 0 Å². The zero-order valence-corrected chi connectivity index (χ0v) is 7.98. The highest BCUT2D eigenvalue weighted by Gasteiger charge is 2.14. The summed E-state index contributed by atoms with van der Waals surface area (Å²) < 4.78 is 8.05. The number of aromatic nitrogens is 2. The van der Waals surface area contributed by atoms with Crippen LogP contribution in [0.4, 0.5) is 5.82 Å². The molecule has 0 atom stereocenters.